The Bertz CT molecular complexity index is 1140. The molecule has 2 heterocycles. The quantitative estimate of drug-likeness (QED) is 0.640. The largest absolute Gasteiger partial charge is 0.463 e. The molecule has 0 radical (unpaired) electrons. The van der Waals surface area contributed by atoms with Gasteiger partial charge in [-0.15, -0.1) is 0 Å². The van der Waals surface area contributed by atoms with Crippen LogP contribution in [0, 0.1) is 0 Å². The highest BCUT2D eigenvalue weighted by Gasteiger charge is 2.34. The molecule has 8 heteroatoms. The minimum Gasteiger partial charge on any atom is -0.463 e. The van der Waals surface area contributed by atoms with E-state index in [9.17, 15) is 14.7 Å². The molecule has 0 saturated carbocycles. The smallest absolute Gasteiger partial charge is 0.432 e. The number of para-hydroxylation sites is 1. The van der Waals surface area contributed by atoms with Gasteiger partial charge in [0, 0.05) is 38.0 Å². The third-order valence-corrected chi connectivity index (χ3v) is 5.72. The van der Waals surface area contributed by atoms with Gasteiger partial charge in [-0.2, -0.15) is 9.78 Å². The monoisotopic (exact) mass is 450 g/mol. The number of hydrogen-bond acceptors (Lipinski definition) is 5. The van der Waals surface area contributed by atoms with Crippen LogP contribution in [0.5, 0.6) is 0 Å². The van der Waals surface area contributed by atoms with Gasteiger partial charge in [-0.3, -0.25) is 4.90 Å². The first-order valence-electron chi connectivity index (χ1n) is 11.2. The number of benzene rings is 2. The highest BCUT2D eigenvalue weighted by atomic mass is 16.6. The van der Waals surface area contributed by atoms with Crippen LogP contribution in [-0.4, -0.2) is 68.2 Å². The number of piperazine rings is 1. The highest BCUT2D eigenvalue weighted by Crippen LogP contribution is 2.24. The summed E-state index contributed by atoms with van der Waals surface area (Å²) in [4.78, 5) is 28.8. The second kappa shape index (κ2) is 9.23. The fraction of sp³-hybridized carbons (Fsp3) is 0.400. The number of ether oxygens (including phenoxy) is 1. The fourth-order valence-corrected chi connectivity index (χ4v) is 4.29. The van der Waals surface area contributed by atoms with Gasteiger partial charge in [-0.1, -0.05) is 48.5 Å². The zero-order valence-electron chi connectivity index (χ0n) is 19.3. The Balaban J connectivity index is 1.62. The van der Waals surface area contributed by atoms with Crippen LogP contribution in [0.1, 0.15) is 32.0 Å². The van der Waals surface area contributed by atoms with Crippen LogP contribution in [0.25, 0.3) is 10.9 Å². The summed E-state index contributed by atoms with van der Waals surface area (Å²) in [5.41, 5.74) is 1.82. The van der Waals surface area contributed by atoms with Crippen LogP contribution in [-0.2, 0) is 17.7 Å². The lowest BCUT2D eigenvalue weighted by Crippen LogP contribution is -2.56. The number of hydrogen-bond donors (Lipinski definition) is 1. The molecule has 174 valence electrons. The van der Waals surface area contributed by atoms with Gasteiger partial charge in [0.2, 0.25) is 0 Å². The van der Waals surface area contributed by atoms with Crippen molar-refractivity contribution >= 4 is 23.1 Å². The normalized spacial score (nSPS) is 17.3. The third kappa shape index (κ3) is 5.34. The van der Waals surface area contributed by atoms with Crippen molar-refractivity contribution in [3.63, 3.8) is 0 Å². The summed E-state index contributed by atoms with van der Waals surface area (Å²) in [6, 6.07) is 17.3. The van der Waals surface area contributed by atoms with E-state index in [1.165, 1.54) is 5.56 Å². The van der Waals surface area contributed by atoms with Crippen molar-refractivity contribution in [3.05, 3.63) is 65.9 Å². The summed E-state index contributed by atoms with van der Waals surface area (Å²) in [5, 5.41) is 14.7. The van der Waals surface area contributed by atoms with E-state index in [-0.39, 0.29) is 12.1 Å². The number of carbonyl (C=O) groups excluding carboxylic acids is 1. The Kier molecular flexibility index (Phi) is 6.37. The zero-order chi connectivity index (χ0) is 23.6. The second-order valence-corrected chi connectivity index (χ2v) is 9.41. The molecule has 33 heavy (non-hydrogen) atoms. The molecule has 0 aliphatic carbocycles. The van der Waals surface area contributed by atoms with E-state index >= 15 is 0 Å². The molecule has 4 rings (SSSR count). The first-order valence-corrected chi connectivity index (χ1v) is 11.2. The Morgan fingerprint density at radius 2 is 1.76 bits per heavy atom. The molecule has 0 bridgehead atoms. The standard InChI is InChI=1S/C25H30N4O4/c1-25(2,3)33-24(32)28-14-13-27(16-18-9-5-4-6-10-18)17-19(28)15-21-20-11-7-8-12-22(20)29(26-21)23(30)31/h4-12,19H,13-17H2,1-3H3,(H,30,31). The lowest BCUT2D eigenvalue weighted by atomic mass is 10.0. The van der Waals surface area contributed by atoms with Crippen molar-refractivity contribution in [1.82, 2.24) is 19.6 Å². The topological polar surface area (TPSA) is 87.9 Å². The first-order chi connectivity index (χ1) is 15.7. The van der Waals surface area contributed by atoms with Crippen molar-refractivity contribution in [1.29, 1.82) is 0 Å². The molecule has 2 aromatic carbocycles. The summed E-state index contributed by atoms with van der Waals surface area (Å²) in [6.07, 6.45) is -1.05. The summed E-state index contributed by atoms with van der Waals surface area (Å²) < 4.78 is 6.69. The SMILES string of the molecule is CC(C)(C)OC(=O)N1CCN(Cc2ccccc2)CC1Cc1nn(C(=O)O)c2ccccc12. The van der Waals surface area contributed by atoms with Crippen molar-refractivity contribution in [2.24, 2.45) is 0 Å². The minimum atomic E-state index is -1.13. The molecular formula is C25H30N4O4. The number of fused-ring (bicyclic) bond motifs is 1. The number of carboxylic acid groups (broad SMARTS) is 1. The van der Waals surface area contributed by atoms with Gasteiger partial charge in [0.15, 0.2) is 0 Å². The Morgan fingerprint density at radius 1 is 1.06 bits per heavy atom. The number of rotatable bonds is 4. The predicted octanol–water partition coefficient (Wildman–Crippen LogP) is 4.23. The van der Waals surface area contributed by atoms with E-state index in [1.807, 2.05) is 51.1 Å². The maximum atomic E-state index is 13.0. The fourth-order valence-electron chi connectivity index (χ4n) is 4.29. The van der Waals surface area contributed by atoms with Crippen LogP contribution < -0.4 is 0 Å². The Labute approximate surface area is 193 Å². The second-order valence-electron chi connectivity index (χ2n) is 9.41. The van der Waals surface area contributed by atoms with Crippen LogP contribution >= 0.6 is 0 Å². The van der Waals surface area contributed by atoms with Gasteiger partial charge in [-0.25, -0.2) is 9.59 Å². The van der Waals surface area contributed by atoms with Crippen molar-refractivity contribution < 1.29 is 19.4 Å². The first kappa shape index (κ1) is 22.8. The number of aromatic nitrogens is 2. The molecule has 3 aromatic rings. The average Bonchev–Trinajstić information content (AvgIpc) is 3.12. The molecule has 1 atom stereocenters. The summed E-state index contributed by atoms with van der Waals surface area (Å²) in [5.74, 6) is 0. The predicted molar refractivity (Wildman–Crippen MR) is 125 cm³/mol. The molecule has 1 aromatic heterocycles. The molecule has 1 amide bonds. The zero-order valence-corrected chi connectivity index (χ0v) is 19.3. The molecular weight excluding hydrogens is 420 g/mol. The van der Waals surface area contributed by atoms with Gasteiger partial charge in [0.25, 0.3) is 0 Å². The highest BCUT2D eigenvalue weighted by molar-refractivity contribution is 5.89. The molecule has 1 saturated heterocycles. The summed E-state index contributed by atoms with van der Waals surface area (Å²) in [6.45, 7) is 8.25. The van der Waals surface area contributed by atoms with E-state index < -0.39 is 11.7 Å². The van der Waals surface area contributed by atoms with Crippen LogP contribution in [0.4, 0.5) is 9.59 Å². The van der Waals surface area contributed by atoms with Crippen molar-refractivity contribution in [3.8, 4) is 0 Å². The Morgan fingerprint density at radius 3 is 2.45 bits per heavy atom. The molecule has 1 unspecified atom stereocenters. The molecule has 8 nitrogen and oxygen atoms in total. The van der Waals surface area contributed by atoms with E-state index in [2.05, 4.69) is 22.1 Å². The number of carbonyl (C=O) groups is 2. The number of amides is 1. The average molecular weight is 451 g/mol. The van der Waals surface area contributed by atoms with Gasteiger partial charge in [-0.05, 0) is 32.4 Å². The lowest BCUT2D eigenvalue weighted by molar-refractivity contribution is -0.00245. The molecule has 1 fully saturated rings. The van der Waals surface area contributed by atoms with E-state index in [0.29, 0.717) is 30.7 Å². The van der Waals surface area contributed by atoms with E-state index in [1.54, 1.807) is 17.0 Å². The molecule has 1 aliphatic heterocycles. The third-order valence-electron chi connectivity index (χ3n) is 5.72. The van der Waals surface area contributed by atoms with Gasteiger partial charge in [0.1, 0.15) is 5.60 Å². The summed E-state index contributed by atoms with van der Waals surface area (Å²) >= 11 is 0. The maximum absolute atomic E-state index is 13.0. The van der Waals surface area contributed by atoms with Crippen molar-refractivity contribution in [2.75, 3.05) is 19.6 Å². The van der Waals surface area contributed by atoms with E-state index in [4.69, 9.17) is 4.74 Å². The Hall–Kier alpha value is -3.39. The molecule has 1 N–H and O–H groups in total. The van der Waals surface area contributed by atoms with Crippen LogP contribution in [0.2, 0.25) is 0 Å². The van der Waals surface area contributed by atoms with Gasteiger partial charge < -0.3 is 14.7 Å². The molecule has 1 aliphatic rings. The van der Waals surface area contributed by atoms with Gasteiger partial charge >= 0.3 is 12.2 Å². The minimum absolute atomic E-state index is 0.196. The summed E-state index contributed by atoms with van der Waals surface area (Å²) in [7, 11) is 0. The number of nitrogens with zero attached hydrogens (tertiary/aromatic N) is 4. The van der Waals surface area contributed by atoms with Gasteiger partial charge in [0.05, 0.1) is 17.3 Å². The van der Waals surface area contributed by atoms with Crippen molar-refractivity contribution in [2.45, 2.75) is 45.4 Å². The maximum Gasteiger partial charge on any atom is 0.432 e. The van der Waals surface area contributed by atoms with Crippen LogP contribution in [0.15, 0.2) is 54.6 Å². The molecule has 0 spiro atoms. The lowest BCUT2D eigenvalue weighted by Gasteiger charge is -2.41. The van der Waals surface area contributed by atoms with Crippen LogP contribution in [0.3, 0.4) is 0 Å². The van der Waals surface area contributed by atoms with E-state index in [0.717, 1.165) is 23.2 Å².